The van der Waals surface area contributed by atoms with E-state index in [1.165, 1.54) is 0 Å². The number of carbonyl (C=O) groups excluding carboxylic acids is 1. The molecule has 0 radical (unpaired) electrons. The number of esters is 1. The Balaban J connectivity index is 3.17. The number of hydrogen-bond donors (Lipinski definition) is 0. The molecule has 1 aromatic heterocycles. The third kappa shape index (κ3) is 2.54. The summed E-state index contributed by atoms with van der Waals surface area (Å²) in [7, 11) is 0. The molecular formula is C13H18O3. The topological polar surface area (TPSA) is 39.4 Å². The summed E-state index contributed by atoms with van der Waals surface area (Å²) in [6.07, 6.45) is 1.92. The minimum atomic E-state index is -0.311. The zero-order valence-corrected chi connectivity index (χ0v) is 10.5. The molecule has 0 amide bonds. The van der Waals surface area contributed by atoms with Crippen LogP contribution in [0.3, 0.4) is 0 Å². The quantitative estimate of drug-likeness (QED) is 0.735. The van der Waals surface area contributed by atoms with Crippen LogP contribution in [0.5, 0.6) is 0 Å². The lowest BCUT2D eigenvalue weighted by Crippen LogP contribution is -2.06. The highest BCUT2D eigenvalue weighted by molar-refractivity contribution is 5.93. The Bertz CT molecular complexity index is 421. The van der Waals surface area contributed by atoms with E-state index in [9.17, 15) is 4.79 Å². The third-order valence-electron chi connectivity index (χ3n) is 2.26. The van der Waals surface area contributed by atoms with Crippen molar-refractivity contribution < 1.29 is 13.9 Å². The Morgan fingerprint density at radius 3 is 2.50 bits per heavy atom. The SMILES string of the molecule is CCOC(=O)c1c(C)oc(C=C(C)C)c1C. The molecule has 88 valence electrons. The molecule has 0 atom stereocenters. The summed E-state index contributed by atoms with van der Waals surface area (Å²) in [5.74, 6) is 1.04. The molecule has 0 aliphatic heterocycles. The molecule has 1 heterocycles. The highest BCUT2D eigenvalue weighted by Gasteiger charge is 2.20. The van der Waals surface area contributed by atoms with Gasteiger partial charge < -0.3 is 9.15 Å². The van der Waals surface area contributed by atoms with E-state index >= 15 is 0 Å². The molecule has 16 heavy (non-hydrogen) atoms. The Hall–Kier alpha value is -1.51. The van der Waals surface area contributed by atoms with Crippen LogP contribution in [-0.4, -0.2) is 12.6 Å². The van der Waals surface area contributed by atoms with Crippen molar-refractivity contribution in [2.75, 3.05) is 6.61 Å². The summed E-state index contributed by atoms with van der Waals surface area (Å²) in [5.41, 5.74) is 2.53. The first kappa shape index (κ1) is 12.6. The standard InChI is InChI=1S/C13H18O3/c1-6-15-13(14)12-9(4)11(7-8(2)3)16-10(12)5/h7H,6H2,1-5H3. The van der Waals surface area contributed by atoms with E-state index in [1.54, 1.807) is 13.8 Å². The van der Waals surface area contributed by atoms with Gasteiger partial charge in [0.1, 0.15) is 17.1 Å². The van der Waals surface area contributed by atoms with Crippen molar-refractivity contribution in [3.8, 4) is 0 Å². The number of carbonyl (C=O) groups is 1. The average molecular weight is 222 g/mol. The first-order valence-corrected chi connectivity index (χ1v) is 5.39. The lowest BCUT2D eigenvalue weighted by molar-refractivity contribution is 0.0523. The molecule has 0 saturated heterocycles. The largest absolute Gasteiger partial charge is 0.462 e. The van der Waals surface area contributed by atoms with Crippen LogP contribution in [0.2, 0.25) is 0 Å². The normalized spacial score (nSPS) is 10.1. The fourth-order valence-corrected chi connectivity index (χ4v) is 1.58. The molecule has 0 fully saturated rings. The molecule has 0 aliphatic rings. The van der Waals surface area contributed by atoms with Crippen molar-refractivity contribution in [1.82, 2.24) is 0 Å². The highest BCUT2D eigenvalue weighted by Crippen LogP contribution is 2.24. The zero-order valence-electron chi connectivity index (χ0n) is 10.5. The minimum absolute atomic E-state index is 0.311. The van der Waals surface area contributed by atoms with E-state index < -0.39 is 0 Å². The van der Waals surface area contributed by atoms with E-state index in [0.29, 0.717) is 17.9 Å². The second kappa shape index (κ2) is 5.01. The molecule has 1 aromatic rings. The van der Waals surface area contributed by atoms with Crippen LogP contribution in [0, 0.1) is 13.8 Å². The fraction of sp³-hybridized carbons (Fsp3) is 0.462. The van der Waals surface area contributed by atoms with Crippen molar-refractivity contribution in [2.45, 2.75) is 34.6 Å². The first-order valence-electron chi connectivity index (χ1n) is 5.39. The monoisotopic (exact) mass is 222 g/mol. The number of aryl methyl sites for hydroxylation is 1. The molecule has 0 bridgehead atoms. The van der Waals surface area contributed by atoms with Gasteiger partial charge in [-0.25, -0.2) is 4.79 Å². The van der Waals surface area contributed by atoms with Gasteiger partial charge in [0, 0.05) is 5.56 Å². The van der Waals surface area contributed by atoms with Gasteiger partial charge in [-0.1, -0.05) is 5.57 Å². The van der Waals surface area contributed by atoms with E-state index in [4.69, 9.17) is 9.15 Å². The van der Waals surface area contributed by atoms with Crippen LogP contribution < -0.4 is 0 Å². The summed E-state index contributed by atoms with van der Waals surface area (Å²) < 4.78 is 10.5. The summed E-state index contributed by atoms with van der Waals surface area (Å²) in [4.78, 5) is 11.7. The first-order chi connectivity index (χ1) is 7.47. The van der Waals surface area contributed by atoms with Gasteiger partial charge in [-0.3, -0.25) is 0 Å². The predicted molar refractivity (Wildman–Crippen MR) is 63.5 cm³/mol. The highest BCUT2D eigenvalue weighted by atomic mass is 16.5. The van der Waals surface area contributed by atoms with Gasteiger partial charge in [-0.15, -0.1) is 0 Å². The lowest BCUT2D eigenvalue weighted by Gasteiger charge is -2.00. The summed E-state index contributed by atoms with van der Waals surface area (Å²) in [5, 5.41) is 0. The van der Waals surface area contributed by atoms with Gasteiger partial charge in [0.2, 0.25) is 0 Å². The second-order valence-corrected chi connectivity index (χ2v) is 3.96. The van der Waals surface area contributed by atoms with Gasteiger partial charge in [0.25, 0.3) is 0 Å². The third-order valence-corrected chi connectivity index (χ3v) is 2.26. The van der Waals surface area contributed by atoms with Gasteiger partial charge in [0.15, 0.2) is 0 Å². The van der Waals surface area contributed by atoms with Gasteiger partial charge in [-0.2, -0.15) is 0 Å². The number of furan rings is 1. The molecule has 0 unspecified atom stereocenters. The van der Waals surface area contributed by atoms with E-state index in [1.807, 2.05) is 26.8 Å². The Morgan fingerprint density at radius 1 is 1.38 bits per heavy atom. The number of ether oxygens (including phenoxy) is 1. The zero-order chi connectivity index (χ0) is 12.3. The summed E-state index contributed by atoms with van der Waals surface area (Å²) >= 11 is 0. The van der Waals surface area contributed by atoms with Crippen molar-refractivity contribution in [1.29, 1.82) is 0 Å². The van der Waals surface area contributed by atoms with Gasteiger partial charge in [0.05, 0.1) is 6.61 Å². The molecular weight excluding hydrogens is 204 g/mol. The number of rotatable bonds is 3. The van der Waals surface area contributed by atoms with Crippen molar-refractivity contribution >= 4 is 12.0 Å². The van der Waals surface area contributed by atoms with Crippen LogP contribution in [0.1, 0.15) is 48.2 Å². The molecule has 3 heteroatoms. The lowest BCUT2D eigenvalue weighted by atomic mass is 10.1. The van der Waals surface area contributed by atoms with E-state index in [2.05, 4.69) is 0 Å². The Morgan fingerprint density at radius 2 is 2.00 bits per heavy atom. The molecule has 0 spiro atoms. The molecule has 0 saturated carbocycles. The number of hydrogen-bond acceptors (Lipinski definition) is 3. The maximum atomic E-state index is 11.7. The second-order valence-electron chi connectivity index (χ2n) is 3.96. The molecule has 0 N–H and O–H groups in total. The minimum Gasteiger partial charge on any atom is -0.462 e. The maximum absolute atomic E-state index is 11.7. The Kier molecular flexibility index (Phi) is 3.93. The van der Waals surface area contributed by atoms with Crippen molar-refractivity contribution in [2.24, 2.45) is 0 Å². The average Bonchev–Trinajstić information content (AvgIpc) is 2.41. The molecule has 0 aliphatic carbocycles. The van der Waals surface area contributed by atoms with Crippen molar-refractivity contribution in [3.05, 3.63) is 28.2 Å². The van der Waals surface area contributed by atoms with Crippen LogP contribution in [0.4, 0.5) is 0 Å². The van der Waals surface area contributed by atoms with Gasteiger partial charge in [-0.05, 0) is 40.7 Å². The molecule has 0 aromatic carbocycles. The van der Waals surface area contributed by atoms with Gasteiger partial charge >= 0.3 is 5.97 Å². The van der Waals surface area contributed by atoms with Crippen LogP contribution in [0.25, 0.3) is 6.08 Å². The predicted octanol–water partition coefficient (Wildman–Crippen LogP) is 3.50. The maximum Gasteiger partial charge on any atom is 0.341 e. The van der Waals surface area contributed by atoms with E-state index in [-0.39, 0.29) is 5.97 Å². The summed E-state index contributed by atoms with van der Waals surface area (Å²) in [6.45, 7) is 9.79. The smallest absolute Gasteiger partial charge is 0.341 e. The summed E-state index contributed by atoms with van der Waals surface area (Å²) in [6, 6.07) is 0. The van der Waals surface area contributed by atoms with Crippen LogP contribution in [-0.2, 0) is 4.74 Å². The van der Waals surface area contributed by atoms with E-state index in [0.717, 1.165) is 16.9 Å². The Labute approximate surface area is 96.1 Å². The fourth-order valence-electron chi connectivity index (χ4n) is 1.58. The van der Waals surface area contributed by atoms with Crippen LogP contribution in [0.15, 0.2) is 9.99 Å². The van der Waals surface area contributed by atoms with Crippen molar-refractivity contribution in [3.63, 3.8) is 0 Å². The molecule has 1 rings (SSSR count). The van der Waals surface area contributed by atoms with Crippen LogP contribution >= 0.6 is 0 Å². The number of allylic oxidation sites excluding steroid dienone is 1. The molecule has 3 nitrogen and oxygen atoms in total.